The Kier molecular flexibility index (Phi) is 2.52. The van der Waals surface area contributed by atoms with Crippen LogP contribution in [0.5, 0.6) is 0 Å². The van der Waals surface area contributed by atoms with Gasteiger partial charge in [0.15, 0.2) is 0 Å². The maximum Gasteiger partial charge on any atom is 0.407 e. The molecule has 17 heavy (non-hydrogen) atoms. The average molecular weight is 232 g/mol. The summed E-state index contributed by atoms with van der Waals surface area (Å²) in [6.07, 6.45) is 1.33. The lowest BCUT2D eigenvalue weighted by Gasteiger charge is -2.39. The van der Waals surface area contributed by atoms with Gasteiger partial charge in [0.1, 0.15) is 0 Å². The Morgan fingerprint density at radius 1 is 1.18 bits per heavy atom. The van der Waals surface area contributed by atoms with Crippen LogP contribution in [0.25, 0.3) is 0 Å². The molecule has 1 aromatic rings. The number of carbonyl (C=O) groups is 1. The maximum absolute atomic E-state index is 10.6. The molecule has 1 aromatic carbocycles. The van der Waals surface area contributed by atoms with E-state index < -0.39 is 6.09 Å². The second-order valence-electron chi connectivity index (χ2n) is 4.93. The Morgan fingerprint density at radius 2 is 1.76 bits per heavy atom. The fraction of sp³-hybridized carbons (Fsp3) is 0.462. The minimum Gasteiger partial charge on any atom is -0.465 e. The van der Waals surface area contributed by atoms with Crippen LogP contribution in [-0.2, 0) is 12.8 Å². The van der Waals surface area contributed by atoms with Crippen molar-refractivity contribution in [3.05, 3.63) is 35.4 Å². The molecule has 1 aliphatic heterocycles. The predicted octanol–water partition coefficient (Wildman–Crippen LogP) is 1.11. The van der Waals surface area contributed by atoms with E-state index in [1.54, 1.807) is 0 Å². The van der Waals surface area contributed by atoms with E-state index in [1.165, 1.54) is 16.0 Å². The van der Waals surface area contributed by atoms with Crippen molar-refractivity contribution in [2.24, 2.45) is 0 Å². The van der Waals surface area contributed by atoms with Crippen LogP contribution >= 0.6 is 0 Å². The van der Waals surface area contributed by atoms with Crippen molar-refractivity contribution in [3.63, 3.8) is 0 Å². The highest BCUT2D eigenvalue weighted by atomic mass is 16.4. The summed E-state index contributed by atoms with van der Waals surface area (Å²) in [5.74, 6) is 0. The molecule has 2 N–H and O–H groups in total. The zero-order valence-electron chi connectivity index (χ0n) is 9.60. The SMILES string of the molecule is O=C(O)N1CC(NC2Cc3ccccc3C2)C1. The molecule has 1 amide bonds. The molecular formula is C13H16N2O2. The molecule has 1 aliphatic carbocycles. The first-order valence-electron chi connectivity index (χ1n) is 6.03. The number of nitrogens with one attached hydrogen (secondary N) is 1. The van der Waals surface area contributed by atoms with E-state index in [9.17, 15) is 4.79 Å². The van der Waals surface area contributed by atoms with Gasteiger partial charge < -0.3 is 15.3 Å². The van der Waals surface area contributed by atoms with Crippen molar-refractivity contribution in [2.45, 2.75) is 24.9 Å². The van der Waals surface area contributed by atoms with Crippen LogP contribution in [0, 0.1) is 0 Å². The lowest BCUT2D eigenvalue weighted by Crippen LogP contribution is -2.61. The lowest BCUT2D eigenvalue weighted by molar-refractivity contribution is 0.0922. The van der Waals surface area contributed by atoms with E-state index in [-0.39, 0.29) is 0 Å². The van der Waals surface area contributed by atoms with E-state index in [4.69, 9.17) is 5.11 Å². The van der Waals surface area contributed by atoms with E-state index in [0.717, 1.165) is 12.8 Å². The van der Waals surface area contributed by atoms with Gasteiger partial charge in [-0.25, -0.2) is 4.79 Å². The van der Waals surface area contributed by atoms with Crippen LogP contribution in [0.15, 0.2) is 24.3 Å². The molecule has 0 radical (unpaired) electrons. The second-order valence-corrected chi connectivity index (χ2v) is 4.93. The van der Waals surface area contributed by atoms with Crippen LogP contribution in [-0.4, -0.2) is 41.3 Å². The number of hydrogen-bond donors (Lipinski definition) is 2. The second kappa shape index (κ2) is 4.04. The first-order valence-corrected chi connectivity index (χ1v) is 6.03. The zero-order chi connectivity index (χ0) is 11.8. The number of benzene rings is 1. The molecule has 4 nitrogen and oxygen atoms in total. The average Bonchev–Trinajstić information content (AvgIpc) is 2.64. The largest absolute Gasteiger partial charge is 0.465 e. The smallest absolute Gasteiger partial charge is 0.407 e. The maximum atomic E-state index is 10.6. The van der Waals surface area contributed by atoms with Crippen molar-refractivity contribution in [2.75, 3.05) is 13.1 Å². The molecule has 0 spiro atoms. The zero-order valence-corrected chi connectivity index (χ0v) is 9.60. The molecule has 90 valence electrons. The van der Waals surface area contributed by atoms with Gasteiger partial charge >= 0.3 is 6.09 Å². The molecule has 0 unspecified atom stereocenters. The summed E-state index contributed by atoms with van der Waals surface area (Å²) >= 11 is 0. The van der Waals surface area contributed by atoms with E-state index in [1.807, 2.05) is 0 Å². The quantitative estimate of drug-likeness (QED) is 0.803. The van der Waals surface area contributed by atoms with E-state index in [0.29, 0.717) is 25.2 Å². The highest BCUT2D eigenvalue weighted by Crippen LogP contribution is 2.22. The van der Waals surface area contributed by atoms with Gasteiger partial charge in [-0.2, -0.15) is 0 Å². The van der Waals surface area contributed by atoms with Crippen LogP contribution in [0.3, 0.4) is 0 Å². The van der Waals surface area contributed by atoms with E-state index >= 15 is 0 Å². The predicted molar refractivity (Wildman–Crippen MR) is 64.2 cm³/mol. The molecule has 0 bridgehead atoms. The number of carboxylic acid groups (broad SMARTS) is 1. The summed E-state index contributed by atoms with van der Waals surface area (Å²) in [6, 6.07) is 9.34. The van der Waals surface area contributed by atoms with Gasteiger partial charge in [0.25, 0.3) is 0 Å². The van der Waals surface area contributed by atoms with Crippen LogP contribution in [0.2, 0.25) is 0 Å². The summed E-state index contributed by atoms with van der Waals surface area (Å²) in [4.78, 5) is 12.1. The Bertz CT molecular complexity index is 416. The standard InChI is InChI=1S/C13H16N2O2/c16-13(17)15-7-12(8-15)14-11-5-9-3-1-2-4-10(9)6-11/h1-4,11-12,14H,5-8H2,(H,16,17). The number of fused-ring (bicyclic) bond motifs is 1. The summed E-state index contributed by atoms with van der Waals surface area (Å²) < 4.78 is 0. The number of amides is 1. The third-order valence-electron chi connectivity index (χ3n) is 3.67. The minimum absolute atomic E-state index is 0.338. The Labute approximate surface area is 100 Å². The monoisotopic (exact) mass is 232 g/mol. The van der Waals surface area contributed by atoms with Crippen molar-refractivity contribution in [1.29, 1.82) is 0 Å². The van der Waals surface area contributed by atoms with Crippen LogP contribution < -0.4 is 5.32 Å². The molecule has 0 atom stereocenters. The van der Waals surface area contributed by atoms with Crippen LogP contribution in [0.4, 0.5) is 4.79 Å². The van der Waals surface area contributed by atoms with Gasteiger partial charge in [0, 0.05) is 25.2 Å². The van der Waals surface area contributed by atoms with Crippen molar-refractivity contribution in [1.82, 2.24) is 10.2 Å². The Balaban J connectivity index is 1.52. The molecule has 0 saturated carbocycles. The lowest BCUT2D eigenvalue weighted by atomic mass is 10.1. The minimum atomic E-state index is -0.808. The van der Waals surface area contributed by atoms with Gasteiger partial charge in [-0.3, -0.25) is 0 Å². The highest BCUT2D eigenvalue weighted by molar-refractivity contribution is 5.66. The van der Waals surface area contributed by atoms with Gasteiger partial charge in [-0.15, -0.1) is 0 Å². The molecule has 0 aromatic heterocycles. The molecule has 3 rings (SSSR count). The fourth-order valence-electron chi connectivity index (χ4n) is 2.75. The number of nitrogens with zero attached hydrogens (tertiary/aromatic N) is 1. The third kappa shape index (κ3) is 2.00. The summed E-state index contributed by atoms with van der Waals surface area (Å²) in [5, 5.41) is 12.3. The third-order valence-corrected chi connectivity index (χ3v) is 3.67. The van der Waals surface area contributed by atoms with Gasteiger partial charge in [0.2, 0.25) is 0 Å². The molecular weight excluding hydrogens is 216 g/mol. The van der Waals surface area contributed by atoms with E-state index in [2.05, 4.69) is 29.6 Å². The summed E-state index contributed by atoms with van der Waals surface area (Å²) in [7, 11) is 0. The first kappa shape index (κ1) is 10.6. The Morgan fingerprint density at radius 3 is 2.29 bits per heavy atom. The van der Waals surface area contributed by atoms with Crippen molar-refractivity contribution in [3.8, 4) is 0 Å². The van der Waals surface area contributed by atoms with Gasteiger partial charge in [0.05, 0.1) is 0 Å². The summed E-state index contributed by atoms with van der Waals surface area (Å²) in [6.45, 7) is 1.25. The van der Waals surface area contributed by atoms with Gasteiger partial charge in [-0.1, -0.05) is 24.3 Å². The number of hydrogen-bond acceptors (Lipinski definition) is 2. The molecule has 1 fully saturated rings. The summed E-state index contributed by atoms with van der Waals surface area (Å²) in [5.41, 5.74) is 2.86. The van der Waals surface area contributed by atoms with Gasteiger partial charge in [-0.05, 0) is 24.0 Å². The number of likely N-dealkylation sites (tertiary alicyclic amines) is 1. The molecule has 1 heterocycles. The van der Waals surface area contributed by atoms with Crippen molar-refractivity contribution >= 4 is 6.09 Å². The normalized spacial score (nSPS) is 20.1. The highest BCUT2D eigenvalue weighted by Gasteiger charge is 2.33. The van der Waals surface area contributed by atoms with Crippen molar-refractivity contribution < 1.29 is 9.90 Å². The number of rotatable bonds is 2. The molecule has 1 saturated heterocycles. The molecule has 4 heteroatoms. The topological polar surface area (TPSA) is 52.6 Å². The molecule has 2 aliphatic rings. The first-order chi connectivity index (χ1) is 8.22. The van der Waals surface area contributed by atoms with Crippen LogP contribution in [0.1, 0.15) is 11.1 Å². The fourth-order valence-corrected chi connectivity index (χ4v) is 2.75. The Hall–Kier alpha value is -1.55.